The first-order valence-corrected chi connectivity index (χ1v) is 10.3. The Morgan fingerprint density at radius 3 is 2.86 bits per heavy atom. The number of nitrogens with zero attached hydrogens (tertiary/aromatic N) is 3. The smallest absolute Gasteiger partial charge is 0.294 e. The molecule has 0 spiro atoms. The van der Waals surface area contributed by atoms with Gasteiger partial charge in [0.2, 0.25) is 5.91 Å². The molecule has 1 aliphatic rings. The summed E-state index contributed by atoms with van der Waals surface area (Å²) >= 11 is 1.42. The van der Waals surface area contributed by atoms with Crippen LogP contribution in [0.15, 0.2) is 29.1 Å². The lowest BCUT2D eigenvalue weighted by Gasteiger charge is -2.12. The standard InChI is InChI=1S/C20H22N4O4S/c1-12-22-18-19(29-12)17(13-5-7-14(27-2)8-6-13)23-24(20(18)26)11-16(25)21-10-15-4-3-9-28-15/h5-8,15H,3-4,9-11H2,1-2H3,(H,21,25)/t15-/m1/s1. The van der Waals surface area contributed by atoms with Gasteiger partial charge in [0.25, 0.3) is 5.56 Å². The van der Waals surface area contributed by atoms with E-state index in [1.165, 1.54) is 16.0 Å². The van der Waals surface area contributed by atoms with E-state index in [0.717, 1.165) is 35.8 Å². The fraction of sp³-hybridized carbons (Fsp3) is 0.400. The molecule has 3 heterocycles. The number of amides is 1. The number of thiazole rings is 1. The molecule has 0 bridgehead atoms. The van der Waals surface area contributed by atoms with Gasteiger partial charge >= 0.3 is 0 Å². The summed E-state index contributed by atoms with van der Waals surface area (Å²) in [6, 6.07) is 7.42. The van der Waals surface area contributed by atoms with Gasteiger partial charge in [0.15, 0.2) is 5.52 Å². The summed E-state index contributed by atoms with van der Waals surface area (Å²) < 4.78 is 12.6. The second kappa shape index (κ2) is 8.30. The summed E-state index contributed by atoms with van der Waals surface area (Å²) in [7, 11) is 1.60. The van der Waals surface area contributed by atoms with Crippen molar-refractivity contribution in [1.82, 2.24) is 20.1 Å². The van der Waals surface area contributed by atoms with E-state index in [-0.39, 0.29) is 24.1 Å². The zero-order chi connectivity index (χ0) is 20.4. The van der Waals surface area contributed by atoms with E-state index >= 15 is 0 Å². The number of methoxy groups -OCH3 is 1. The third-order valence-electron chi connectivity index (χ3n) is 4.81. The third kappa shape index (κ3) is 4.15. The summed E-state index contributed by atoms with van der Waals surface area (Å²) in [5.41, 5.74) is 1.42. The van der Waals surface area contributed by atoms with Crippen molar-refractivity contribution in [1.29, 1.82) is 0 Å². The minimum absolute atomic E-state index is 0.0437. The number of hydrogen-bond donors (Lipinski definition) is 1. The molecule has 1 amide bonds. The van der Waals surface area contributed by atoms with Crippen LogP contribution in [0.4, 0.5) is 0 Å². The molecule has 1 aliphatic heterocycles. The first-order chi connectivity index (χ1) is 14.0. The Morgan fingerprint density at radius 2 is 2.17 bits per heavy atom. The van der Waals surface area contributed by atoms with Gasteiger partial charge in [-0.05, 0) is 44.0 Å². The van der Waals surface area contributed by atoms with Crippen LogP contribution in [0.1, 0.15) is 17.8 Å². The molecule has 4 rings (SSSR count). The van der Waals surface area contributed by atoms with Crippen molar-refractivity contribution < 1.29 is 14.3 Å². The van der Waals surface area contributed by atoms with E-state index in [4.69, 9.17) is 9.47 Å². The van der Waals surface area contributed by atoms with Crippen LogP contribution in [0.2, 0.25) is 0 Å². The predicted molar refractivity (Wildman–Crippen MR) is 110 cm³/mol. The summed E-state index contributed by atoms with van der Waals surface area (Å²) in [6.45, 7) is 2.85. The number of benzene rings is 1. The molecule has 3 aromatic rings. The van der Waals surface area contributed by atoms with Crippen molar-refractivity contribution in [2.24, 2.45) is 0 Å². The maximum Gasteiger partial charge on any atom is 0.294 e. The third-order valence-corrected chi connectivity index (χ3v) is 5.79. The van der Waals surface area contributed by atoms with E-state index in [2.05, 4.69) is 15.4 Å². The van der Waals surface area contributed by atoms with E-state index in [0.29, 0.717) is 22.5 Å². The summed E-state index contributed by atoms with van der Waals surface area (Å²) in [4.78, 5) is 29.6. The molecule has 1 aromatic carbocycles. The normalized spacial score (nSPS) is 16.3. The van der Waals surface area contributed by atoms with E-state index in [1.807, 2.05) is 31.2 Å². The Morgan fingerprint density at radius 1 is 1.38 bits per heavy atom. The van der Waals surface area contributed by atoms with Crippen LogP contribution in [0.5, 0.6) is 5.75 Å². The Kier molecular flexibility index (Phi) is 5.59. The maximum atomic E-state index is 12.8. The number of aryl methyl sites for hydroxylation is 1. The maximum absolute atomic E-state index is 12.8. The van der Waals surface area contributed by atoms with Gasteiger partial charge in [-0.2, -0.15) is 5.10 Å². The summed E-state index contributed by atoms with van der Waals surface area (Å²) in [5, 5.41) is 8.10. The highest BCUT2D eigenvalue weighted by Crippen LogP contribution is 2.30. The largest absolute Gasteiger partial charge is 0.497 e. The molecule has 8 nitrogen and oxygen atoms in total. The topological polar surface area (TPSA) is 95.3 Å². The number of carbonyl (C=O) groups is 1. The average Bonchev–Trinajstić information content (AvgIpc) is 3.38. The molecule has 29 heavy (non-hydrogen) atoms. The molecule has 0 saturated carbocycles. The molecule has 0 aliphatic carbocycles. The fourth-order valence-corrected chi connectivity index (χ4v) is 4.25. The Bertz CT molecular complexity index is 1080. The molecule has 1 fully saturated rings. The van der Waals surface area contributed by atoms with Crippen LogP contribution < -0.4 is 15.6 Å². The number of hydrogen-bond acceptors (Lipinski definition) is 7. The first kappa shape index (κ1) is 19.5. The quantitative estimate of drug-likeness (QED) is 0.664. The molecule has 0 unspecified atom stereocenters. The molecular weight excluding hydrogens is 392 g/mol. The van der Waals surface area contributed by atoms with Crippen LogP contribution in [-0.2, 0) is 16.1 Å². The lowest BCUT2D eigenvalue weighted by molar-refractivity contribution is -0.122. The molecule has 1 saturated heterocycles. The van der Waals surface area contributed by atoms with E-state index < -0.39 is 0 Å². The van der Waals surface area contributed by atoms with Crippen molar-refractivity contribution in [3.63, 3.8) is 0 Å². The lowest BCUT2D eigenvalue weighted by atomic mass is 10.1. The Hall–Kier alpha value is -2.78. The molecule has 1 N–H and O–H groups in total. The van der Waals surface area contributed by atoms with Crippen LogP contribution in [0.3, 0.4) is 0 Å². The van der Waals surface area contributed by atoms with Gasteiger partial charge < -0.3 is 14.8 Å². The predicted octanol–water partition coefficient (Wildman–Crippen LogP) is 2.13. The highest BCUT2D eigenvalue weighted by atomic mass is 32.1. The SMILES string of the molecule is COc1ccc(-c2nn(CC(=O)NC[C@H]3CCCO3)c(=O)c3nc(C)sc23)cc1. The van der Waals surface area contributed by atoms with Crippen molar-refractivity contribution in [3.8, 4) is 17.0 Å². The van der Waals surface area contributed by atoms with Gasteiger partial charge in [-0.1, -0.05) is 0 Å². The van der Waals surface area contributed by atoms with Crippen molar-refractivity contribution in [2.45, 2.75) is 32.4 Å². The van der Waals surface area contributed by atoms with Crippen LogP contribution >= 0.6 is 11.3 Å². The summed E-state index contributed by atoms with van der Waals surface area (Å²) in [5.74, 6) is 0.453. The van der Waals surface area contributed by atoms with Crippen LogP contribution in [-0.4, -0.2) is 47.0 Å². The van der Waals surface area contributed by atoms with Gasteiger partial charge in [0.1, 0.15) is 18.0 Å². The van der Waals surface area contributed by atoms with Crippen LogP contribution in [0.25, 0.3) is 21.5 Å². The van der Waals surface area contributed by atoms with E-state index in [1.54, 1.807) is 7.11 Å². The molecule has 1 atom stereocenters. The molecule has 2 aromatic heterocycles. The lowest BCUT2D eigenvalue weighted by Crippen LogP contribution is -2.37. The van der Waals surface area contributed by atoms with Crippen molar-refractivity contribution in [2.75, 3.05) is 20.3 Å². The number of carbonyl (C=O) groups excluding carboxylic acids is 1. The second-order valence-electron chi connectivity index (χ2n) is 6.89. The van der Waals surface area contributed by atoms with Gasteiger partial charge in [0.05, 0.1) is 22.9 Å². The van der Waals surface area contributed by atoms with Crippen LogP contribution in [0, 0.1) is 6.92 Å². The fourth-order valence-electron chi connectivity index (χ4n) is 3.34. The number of ether oxygens (including phenoxy) is 2. The Balaban J connectivity index is 1.65. The molecule has 0 radical (unpaired) electrons. The zero-order valence-corrected chi connectivity index (χ0v) is 17.1. The van der Waals surface area contributed by atoms with Gasteiger partial charge in [0, 0.05) is 18.7 Å². The molecule has 152 valence electrons. The number of nitrogens with one attached hydrogen (secondary N) is 1. The number of fused-ring (bicyclic) bond motifs is 1. The number of rotatable bonds is 6. The minimum atomic E-state index is -0.367. The van der Waals surface area contributed by atoms with Gasteiger partial charge in [-0.15, -0.1) is 11.3 Å². The molecular formula is C20H22N4O4S. The second-order valence-corrected chi connectivity index (χ2v) is 8.09. The Labute approximate surface area is 171 Å². The van der Waals surface area contributed by atoms with Gasteiger partial charge in [-0.3, -0.25) is 9.59 Å². The first-order valence-electron chi connectivity index (χ1n) is 9.46. The average molecular weight is 414 g/mol. The monoisotopic (exact) mass is 414 g/mol. The summed E-state index contributed by atoms with van der Waals surface area (Å²) in [6.07, 6.45) is 1.98. The highest BCUT2D eigenvalue weighted by Gasteiger charge is 2.19. The number of aromatic nitrogens is 3. The van der Waals surface area contributed by atoms with Crippen molar-refractivity contribution >= 4 is 27.5 Å². The minimum Gasteiger partial charge on any atom is -0.497 e. The molecule has 9 heteroatoms. The van der Waals surface area contributed by atoms with Crippen molar-refractivity contribution in [3.05, 3.63) is 39.6 Å². The zero-order valence-electron chi connectivity index (χ0n) is 16.3. The highest BCUT2D eigenvalue weighted by molar-refractivity contribution is 7.19. The van der Waals surface area contributed by atoms with Gasteiger partial charge in [-0.25, -0.2) is 9.67 Å². The van der Waals surface area contributed by atoms with E-state index in [9.17, 15) is 9.59 Å².